The van der Waals surface area contributed by atoms with E-state index in [1.807, 2.05) is 42.5 Å². The molecule has 0 radical (unpaired) electrons. The number of carbonyl (C=O) groups is 1. The molecular weight excluding hydrogens is 238 g/mol. The van der Waals surface area contributed by atoms with Crippen LogP contribution in [-0.4, -0.2) is 22.2 Å². The number of hydroxylamine groups is 2. The molecule has 0 aliphatic heterocycles. The Labute approximate surface area is 112 Å². The van der Waals surface area contributed by atoms with Gasteiger partial charge in [-0.1, -0.05) is 36.4 Å². The minimum absolute atomic E-state index is 0.228. The van der Waals surface area contributed by atoms with Crippen LogP contribution in [0.4, 0.5) is 0 Å². The van der Waals surface area contributed by atoms with E-state index in [0.29, 0.717) is 0 Å². The molecule has 0 fully saturated rings. The lowest BCUT2D eigenvalue weighted by molar-refractivity contribution is -0.166. The zero-order valence-corrected chi connectivity index (χ0v) is 11.1. The van der Waals surface area contributed by atoms with Crippen molar-refractivity contribution >= 4 is 22.8 Å². The van der Waals surface area contributed by atoms with Gasteiger partial charge < -0.3 is 0 Å². The van der Waals surface area contributed by atoms with Crippen molar-refractivity contribution in [2.75, 3.05) is 0 Å². The van der Waals surface area contributed by atoms with Crippen molar-refractivity contribution in [2.24, 2.45) is 0 Å². The van der Waals surface area contributed by atoms with E-state index in [4.69, 9.17) is 0 Å². The number of amides is 1. The Balaban J connectivity index is 2.19. The summed E-state index contributed by atoms with van der Waals surface area (Å²) in [4.78, 5) is 11.6. The standard InChI is InChI=1S/C16H17NO2/c1-12(2)17(19)16(18)10-8-13-7-9-14-5-3-4-6-15(14)11-13/h3-12,19H,1-2H3. The van der Waals surface area contributed by atoms with Crippen molar-refractivity contribution in [1.82, 2.24) is 5.06 Å². The molecule has 3 nitrogen and oxygen atoms in total. The fraction of sp³-hybridized carbons (Fsp3) is 0.188. The maximum absolute atomic E-state index is 11.6. The van der Waals surface area contributed by atoms with Crippen LogP contribution in [0.3, 0.4) is 0 Å². The molecule has 2 rings (SSSR count). The lowest BCUT2D eigenvalue weighted by atomic mass is 10.1. The summed E-state index contributed by atoms with van der Waals surface area (Å²) in [5.41, 5.74) is 0.934. The topological polar surface area (TPSA) is 40.5 Å². The highest BCUT2D eigenvalue weighted by atomic mass is 16.5. The Morgan fingerprint density at radius 2 is 1.84 bits per heavy atom. The Hall–Kier alpha value is -2.13. The van der Waals surface area contributed by atoms with E-state index < -0.39 is 5.91 Å². The molecule has 3 heteroatoms. The Morgan fingerprint density at radius 1 is 1.16 bits per heavy atom. The minimum atomic E-state index is -0.414. The van der Waals surface area contributed by atoms with E-state index in [9.17, 15) is 10.0 Å². The first-order valence-electron chi connectivity index (χ1n) is 6.27. The zero-order chi connectivity index (χ0) is 13.8. The summed E-state index contributed by atoms with van der Waals surface area (Å²) in [7, 11) is 0. The van der Waals surface area contributed by atoms with Gasteiger partial charge in [0.1, 0.15) is 0 Å². The monoisotopic (exact) mass is 255 g/mol. The van der Waals surface area contributed by atoms with Crippen molar-refractivity contribution in [3.8, 4) is 0 Å². The van der Waals surface area contributed by atoms with E-state index in [-0.39, 0.29) is 6.04 Å². The van der Waals surface area contributed by atoms with Crippen LogP contribution in [0.5, 0.6) is 0 Å². The quantitative estimate of drug-likeness (QED) is 0.518. The number of fused-ring (bicyclic) bond motifs is 1. The third kappa shape index (κ3) is 3.20. The second kappa shape index (κ2) is 5.67. The first kappa shape index (κ1) is 13.3. The van der Waals surface area contributed by atoms with Gasteiger partial charge >= 0.3 is 0 Å². The lowest BCUT2D eigenvalue weighted by Gasteiger charge is -2.16. The molecule has 1 N–H and O–H groups in total. The Kier molecular flexibility index (Phi) is 3.97. The summed E-state index contributed by atoms with van der Waals surface area (Å²) in [6.45, 7) is 3.50. The van der Waals surface area contributed by atoms with Gasteiger partial charge in [0.25, 0.3) is 5.91 Å². The third-order valence-corrected chi connectivity index (χ3v) is 2.91. The molecule has 0 heterocycles. The SMILES string of the molecule is CC(C)N(O)C(=O)C=Cc1ccc2ccccc2c1. The van der Waals surface area contributed by atoms with Gasteiger partial charge in [0.15, 0.2) is 0 Å². The number of hydrogen-bond acceptors (Lipinski definition) is 2. The largest absolute Gasteiger partial charge is 0.285 e. The van der Waals surface area contributed by atoms with Crippen LogP contribution in [0.15, 0.2) is 48.5 Å². The fourth-order valence-electron chi connectivity index (χ4n) is 1.81. The van der Waals surface area contributed by atoms with Crippen LogP contribution >= 0.6 is 0 Å². The van der Waals surface area contributed by atoms with E-state index >= 15 is 0 Å². The van der Waals surface area contributed by atoms with E-state index in [1.54, 1.807) is 19.9 Å². The molecule has 0 unspecified atom stereocenters. The summed E-state index contributed by atoms with van der Waals surface area (Å²) in [5.74, 6) is -0.414. The first-order valence-corrected chi connectivity index (χ1v) is 6.27. The van der Waals surface area contributed by atoms with Gasteiger partial charge in [-0.3, -0.25) is 10.0 Å². The van der Waals surface area contributed by atoms with Crippen molar-refractivity contribution in [3.05, 3.63) is 54.1 Å². The van der Waals surface area contributed by atoms with E-state index in [2.05, 4.69) is 0 Å². The second-order valence-electron chi connectivity index (χ2n) is 4.72. The van der Waals surface area contributed by atoms with Crippen molar-refractivity contribution in [2.45, 2.75) is 19.9 Å². The van der Waals surface area contributed by atoms with Crippen molar-refractivity contribution < 1.29 is 10.0 Å². The van der Waals surface area contributed by atoms with E-state index in [0.717, 1.165) is 21.4 Å². The van der Waals surface area contributed by atoms with Crippen LogP contribution in [0.2, 0.25) is 0 Å². The summed E-state index contributed by atoms with van der Waals surface area (Å²) in [6.07, 6.45) is 3.09. The predicted molar refractivity (Wildman–Crippen MR) is 76.8 cm³/mol. The van der Waals surface area contributed by atoms with Crippen LogP contribution in [0.1, 0.15) is 19.4 Å². The molecule has 0 saturated carbocycles. The van der Waals surface area contributed by atoms with Gasteiger partial charge in [-0.15, -0.1) is 0 Å². The normalized spacial score (nSPS) is 11.4. The molecule has 2 aromatic carbocycles. The molecule has 98 valence electrons. The van der Waals surface area contributed by atoms with Gasteiger partial charge in [0, 0.05) is 6.08 Å². The predicted octanol–water partition coefficient (Wildman–Crippen LogP) is 3.48. The van der Waals surface area contributed by atoms with Gasteiger partial charge in [-0.05, 0) is 42.3 Å². The van der Waals surface area contributed by atoms with Crippen LogP contribution in [-0.2, 0) is 4.79 Å². The van der Waals surface area contributed by atoms with Gasteiger partial charge in [0.2, 0.25) is 0 Å². The Bertz CT molecular complexity index is 617. The highest BCUT2D eigenvalue weighted by Gasteiger charge is 2.10. The maximum atomic E-state index is 11.6. The summed E-state index contributed by atoms with van der Waals surface area (Å²) in [5, 5.41) is 12.5. The molecule has 0 atom stereocenters. The molecule has 0 aliphatic carbocycles. The van der Waals surface area contributed by atoms with E-state index in [1.165, 1.54) is 6.08 Å². The highest BCUT2D eigenvalue weighted by Crippen LogP contribution is 2.16. The molecule has 2 aromatic rings. The van der Waals surface area contributed by atoms with Gasteiger partial charge in [-0.25, -0.2) is 5.06 Å². The zero-order valence-electron chi connectivity index (χ0n) is 11.1. The first-order chi connectivity index (χ1) is 9.08. The fourth-order valence-corrected chi connectivity index (χ4v) is 1.81. The number of nitrogens with zero attached hydrogens (tertiary/aromatic N) is 1. The van der Waals surface area contributed by atoms with Crippen LogP contribution in [0.25, 0.3) is 16.8 Å². The number of carbonyl (C=O) groups excluding carboxylic acids is 1. The molecule has 0 aliphatic rings. The highest BCUT2D eigenvalue weighted by molar-refractivity contribution is 5.92. The minimum Gasteiger partial charge on any atom is -0.285 e. The molecular formula is C16H17NO2. The summed E-state index contributed by atoms with van der Waals surface area (Å²) in [6, 6.07) is 13.8. The number of hydrogen-bond donors (Lipinski definition) is 1. The number of benzene rings is 2. The Morgan fingerprint density at radius 3 is 2.53 bits per heavy atom. The molecule has 0 aromatic heterocycles. The molecule has 0 saturated heterocycles. The summed E-state index contributed by atoms with van der Waals surface area (Å²) >= 11 is 0. The average Bonchev–Trinajstić information content (AvgIpc) is 2.43. The third-order valence-electron chi connectivity index (χ3n) is 2.91. The number of rotatable bonds is 3. The molecule has 0 bridgehead atoms. The van der Waals surface area contributed by atoms with Gasteiger partial charge in [-0.2, -0.15) is 0 Å². The molecule has 0 spiro atoms. The maximum Gasteiger partial charge on any atom is 0.270 e. The summed E-state index contributed by atoms with van der Waals surface area (Å²) < 4.78 is 0. The molecule has 19 heavy (non-hydrogen) atoms. The second-order valence-corrected chi connectivity index (χ2v) is 4.72. The smallest absolute Gasteiger partial charge is 0.270 e. The van der Waals surface area contributed by atoms with Crippen LogP contribution in [0, 0.1) is 0 Å². The van der Waals surface area contributed by atoms with Crippen LogP contribution < -0.4 is 0 Å². The van der Waals surface area contributed by atoms with Crippen molar-refractivity contribution in [3.63, 3.8) is 0 Å². The van der Waals surface area contributed by atoms with Crippen molar-refractivity contribution in [1.29, 1.82) is 0 Å². The average molecular weight is 255 g/mol. The lowest BCUT2D eigenvalue weighted by Crippen LogP contribution is -2.32. The molecule has 1 amide bonds. The van der Waals surface area contributed by atoms with Gasteiger partial charge in [0.05, 0.1) is 6.04 Å².